The maximum absolute atomic E-state index is 13.5. The SMILES string of the molecule is C=C(C)[C@@H]1CC[C@]2(NCCN3CCSCC3)CC[C@]3(C)[C@H](CC[C@@H]4[C@@]5(C)CC=C(C6=CCC(CO)(C(=O)OCc7ccccc7)CC6)C(C)(C)[C@@H]5CC[C@]43C)[C@@H]12. The summed E-state index contributed by atoms with van der Waals surface area (Å²) in [6.45, 7) is 25.2. The molecule has 8 rings (SSSR count). The Kier molecular flexibility index (Phi) is 11.2. The molecule has 5 fully saturated rings. The molecule has 56 heavy (non-hydrogen) atoms. The zero-order chi connectivity index (χ0) is 39.6. The number of carbonyl (C=O) groups is 1. The van der Waals surface area contributed by atoms with Gasteiger partial charge in [0, 0.05) is 43.2 Å². The van der Waals surface area contributed by atoms with Crippen LogP contribution in [0.25, 0.3) is 0 Å². The van der Waals surface area contributed by atoms with E-state index < -0.39 is 5.41 Å². The molecule has 1 unspecified atom stereocenters. The first-order valence-corrected chi connectivity index (χ1v) is 23.8. The molecule has 1 aliphatic heterocycles. The number of fused-ring (bicyclic) bond motifs is 7. The zero-order valence-electron chi connectivity index (χ0n) is 35.9. The van der Waals surface area contributed by atoms with E-state index in [1.807, 2.05) is 30.3 Å². The van der Waals surface area contributed by atoms with Crippen LogP contribution in [0.3, 0.4) is 0 Å². The van der Waals surface area contributed by atoms with Gasteiger partial charge in [0.2, 0.25) is 0 Å². The van der Waals surface area contributed by atoms with Crippen LogP contribution in [-0.4, -0.2) is 65.8 Å². The van der Waals surface area contributed by atoms with E-state index in [-0.39, 0.29) is 35.6 Å². The number of nitrogens with zero attached hydrogens (tertiary/aromatic N) is 1. The van der Waals surface area contributed by atoms with Crippen molar-refractivity contribution in [2.45, 2.75) is 131 Å². The van der Waals surface area contributed by atoms with Gasteiger partial charge in [-0.05, 0) is 152 Å². The lowest BCUT2D eigenvalue weighted by Crippen LogP contribution is -2.68. The molecule has 1 saturated heterocycles. The Balaban J connectivity index is 1.01. The molecule has 2 N–H and O–H groups in total. The molecule has 1 aromatic rings. The molecule has 0 bridgehead atoms. The van der Waals surface area contributed by atoms with E-state index in [1.54, 1.807) is 0 Å². The molecule has 6 aliphatic carbocycles. The van der Waals surface area contributed by atoms with Gasteiger partial charge in [-0.15, -0.1) is 0 Å². The molecular formula is C50H74N2O3S. The van der Waals surface area contributed by atoms with Crippen molar-refractivity contribution in [2.75, 3.05) is 44.3 Å². The number of carbonyl (C=O) groups excluding carboxylic acids is 1. The molecule has 1 heterocycles. The molecule has 308 valence electrons. The predicted molar refractivity (Wildman–Crippen MR) is 232 cm³/mol. The van der Waals surface area contributed by atoms with E-state index in [1.165, 1.54) is 99.2 Å². The fourth-order valence-electron chi connectivity index (χ4n) is 15.3. The third-order valence-corrected chi connectivity index (χ3v) is 19.5. The van der Waals surface area contributed by atoms with Crippen LogP contribution in [0.5, 0.6) is 0 Å². The van der Waals surface area contributed by atoms with E-state index in [2.05, 4.69) is 82.3 Å². The molecule has 4 saturated carbocycles. The van der Waals surface area contributed by atoms with Crippen molar-refractivity contribution >= 4 is 17.7 Å². The van der Waals surface area contributed by atoms with Crippen LogP contribution >= 0.6 is 11.8 Å². The quantitative estimate of drug-likeness (QED) is 0.182. The smallest absolute Gasteiger partial charge is 0.315 e. The van der Waals surface area contributed by atoms with Crippen molar-refractivity contribution in [3.63, 3.8) is 0 Å². The van der Waals surface area contributed by atoms with E-state index >= 15 is 0 Å². The van der Waals surface area contributed by atoms with Gasteiger partial charge in [0.1, 0.15) is 6.61 Å². The minimum absolute atomic E-state index is 0.0557. The first-order valence-electron chi connectivity index (χ1n) is 22.7. The van der Waals surface area contributed by atoms with Gasteiger partial charge in [-0.1, -0.05) is 89.3 Å². The molecule has 6 heteroatoms. The summed E-state index contributed by atoms with van der Waals surface area (Å²) in [5.74, 6) is 5.75. The Hall–Kier alpha value is -1.86. The van der Waals surface area contributed by atoms with E-state index in [9.17, 15) is 9.90 Å². The maximum Gasteiger partial charge on any atom is 0.315 e. The van der Waals surface area contributed by atoms with Gasteiger partial charge in [0.15, 0.2) is 0 Å². The fraction of sp³-hybridized carbons (Fsp3) is 0.740. The third kappa shape index (κ3) is 6.56. The first kappa shape index (κ1) is 40.9. The van der Waals surface area contributed by atoms with Gasteiger partial charge < -0.3 is 20.1 Å². The summed E-state index contributed by atoms with van der Waals surface area (Å²) in [5, 5.41) is 14.9. The Labute approximate surface area is 344 Å². The molecule has 5 nitrogen and oxygen atoms in total. The second kappa shape index (κ2) is 15.3. The number of aliphatic hydroxyl groups excluding tert-OH is 1. The summed E-state index contributed by atoms with van der Waals surface area (Å²) >= 11 is 2.11. The third-order valence-electron chi connectivity index (χ3n) is 18.6. The van der Waals surface area contributed by atoms with Crippen molar-refractivity contribution in [2.24, 2.45) is 56.7 Å². The lowest BCUT2D eigenvalue weighted by atomic mass is 9.33. The second-order valence-corrected chi connectivity index (χ2v) is 22.4. The van der Waals surface area contributed by atoms with Crippen molar-refractivity contribution in [1.82, 2.24) is 10.2 Å². The highest BCUT2D eigenvalue weighted by atomic mass is 32.2. The van der Waals surface area contributed by atoms with Gasteiger partial charge in [0.05, 0.1) is 12.0 Å². The van der Waals surface area contributed by atoms with Crippen LogP contribution in [-0.2, 0) is 16.1 Å². The van der Waals surface area contributed by atoms with Crippen molar-refractivity contribution in [3.05, 3.63) is 71.3 Å². The molecule has 0 amide bonds. The molecule has 1 aromatic carbocycles. The number of esters is 1. The molecule has 0 aromatic heterocycles. The highest BCUT2D eigenvalue weighted by Crippen LogP contribution is 2.76. The predicted octanol–water partition coefficient (Wildman–Crippen LogP) is 10.4. The minimum Gasteiger partial charge on any atom is -0.460 e. The van der Waals surface area contributed by atoms with Gasteiger partial charge >= 0.3 is 5.97 Å². The Morgan fingerprint density at radius 1 is 0.911 bits per heavy atom. The fourth-order valence-corrected chi connectivity index (χ4v) is 16.3. The van der Waals surface area contributed by atoms with Crippen LogP contribution in [0.4, 0.5) is 0 Å². The number of allylic oxidation sites excluding steroid dienone is 5. The zero-order valence-corrected chi connectivity index (χ0v) is 36.7. The summed E-state index contributed by atoms with van der Waals surface area (Å²) < 4.78 is 5.81. The molecule has 0 radical (unpaired) electrons. The van der Waals surface area contributed by atoms with Crippen LogP contribution < -0.4 is 5.32 Å². The Bertz CT molecular complexity index is 1700. The summed E-state index contributed by atoms with van der Waals surface area (Å²) in [6, 6.07) is 9.86. The van der Waals surface area contributed by atoms with Crippen LogP contribution in [0.15, 0.2) is 65.8 Å². The monoisotopic (exact) mass is 783 g/mol. The van der Waals surface area contributed by atoms with Gasteiger partial charge in [0.25, 0.3) is 0 Å². The van der Waals surface area contributed by atoms with E-state index in [4.69, 9.17) is 4.74 Å². The van der Waals surface area contributed by atoms with E-state index in [0.29, 0.717) is 41.4 Å². The number of hydrogen-bond donors (Lipinski definition) is 2. The molecule has 7 aliphatic rings. The Morgan fingerprint density at radius 2 is 1.68 bits per heavy atom. The lowest BCUT2D eigenvalue weighted by molar-refractivity contribution is -0.221. The van der Waals surface area contributed by atoms with E-state index in [0.717, 1.165) is 36.8 Å². The second-order valence-electron chi connectivity index (χ2n) is 21.2. The Morgan fingerprint density at radius 3 is 2.38 bits per heavy atom. The van der Waals surface area contributed by atoms with Gasteiger partial charge in [-0.3, -0.25) is 4.79 Å². The average molecular weight is 783 g/mol. The number of nitrogens with one attached hydrogen (secondary N) is 1. The summed E-state index contributed by atoms with van der Waals surface area (Å²) in [6.07, 6.45) is 18.8. The molecule has 0 spiro atoms. The highest BCUT2D eigenvalue weighted by Gasteiger charge is 2.70. The van der Waals surface area contributed by atoms with Crippen molar-refractivity contribution in [3.8, 4) is 0 Å². The van der Waals surface area contributed by atoms with Crippen LogP contribution in [0.2, 0.25) is 0 Å². The standard InChI is InChI=1S/C50H74N2O3S/c1-35(2)38-17-24-50(51-27-28-52-29-31-56-32-30-52)26-25-47(6)40(43(38)50)13-14-42-46(5)20-18-39(45(3,4)41(46)19-21-48(42,47)7)37-15-22-49(34-53,23-16-37)44(54)55-33-36-11-9-8-10-12-36/h8-12,15,18,38,40-43,51,53H,1,13-14,16-17,19-34H2,2-7H3/t38-,40+,41-,42+,43+,46-,47+,48+,49?,50-/m0/s1. The van der Waals surface area contributed by atoms with Crippen LogP contribution in [0, 0.1) is 56.7 Å². The largest absolute Gasteiger partial charge is 0.460 e. The van der Waals surface area contributed by atoms with Crippen molar-refractivity contribution < 1.29 is 14.6 Å². The number of ether oxygens (including phenoxy) is 1. The summed E-state index contributed by atoms with van der Waals surface area (Å²) in [7, 11) is 0. The maximum atomic E-state index is 13.5. The first-order chi connectivity index (χ1) is 26.7. The normalized spacial score (nSPS) is 41.9. The average Bonchev–Trinajstić information content (AvgIpc) is 3.58. The number of hydrogen-bond acceptors (Lipinski definition) is 6. The summed E-state index contributed by atoms with van der Waals surface area (Å²) in [5.41, 5.74) is 5.74. The summed E-state index contributed by atoms with van der Waals surface area (Å²) in [4.78, 5) is 16.2. The molecule has 10 atom stereocenters. The number of aliphatic hydroxyl groups is 1. The highest BCUT2D eigenvalue weighted by molar-refractivity contribution is 7.99. The van der Waals surface area contributed by atoms with Gasteiger partial charge in [-0.25, -0.2) is 0 Å². The lowest BCUT2D eigenvalue weighted by Gasteiger charge is -2.72. The number of rotatable bonds is 10. The minimum atomic E-state index is -0.852. The van der Waals surface area contributed by atoms with Crippen molar-refractivity contribution in [1.29, 1.82) is 0 Å². The molecular weight excluding hydrogens is 709 g/mol. The van der Waals surface area contributed by atoms with Gasteiger partial charge in [-0.2, -0.15) is 11.8 Å². The number of thioether (sulfide) groups is 1. The van der Waals surface area contributed by atoms with Crippen LogP contribution in [0.1, 0.15) is 124 Å². The topological polar surface area (TPSA) is 61.8 Å². The number of benzene rings is 1.